The summed E-state index contributed by atoms with van der Waals surface area (Å²) >= 11 is 8.12. The van der Waals surface area contributed by atoms with Crippen molar-refractivity contribution in [2.45, 2.75) is 19.0 Å². The van der Waals surface area contributed by atoms with Gasteiger partial charge in [-0.05, 0) is 62.0 Å². The first-order valence-electron chi connectivity index (χ1n) is 12.3. The summed E-state index contributed by atoms with van der Waals surface area (Å²) in [4.78, 5) is 31.8. The Labute approximate surface area is 244 Å². The van der Waals surface area contributed by atoms with Crippen LogP contribution in [-0.2, 0) is 4.79 Å². The number of thiazole rings is 1. The van der Waals surface area contributed by atoms with Crippen LogP contribution in [0.1, 0.15) is 11.1 Å². The topological polar surface area (TPSA) is 87.4 Å². The predicted molar refractivity (Wildman–Crippen MR) is 164 cm³/mol. The maximum atomic E-state index is 13.9. The third-order valence-electron chi connectivity index (χ3n) is 6.20. The quantitative estimate of drug-likeness (QED) is 0.128. The fourth-order valence-electron chi connectivity index (χ4n) is 4.32. The molecule has 0 radical (unpaired) electrons. The Morgan fingerprint density at radius 1 is 1.02 bits per heavy atom. The number of aromatic nitrogens is 3. The third kappa shape index (κ3) is 5.40. The molecule has 0 aliphatic heterocycles. The summed E-state index contributed by atoms with van der Waals surface area (Å²) in [6.45, 7) is 4.03. The van der Waals surface area contributed by atoms with E-state index in [1.165, 1.54) is 34.8 Å². The summed E-state index contributed by atoms with van der Waals surface area (Å²) in [5.41, 5.74) is 4.41. The van der Waals surface area contributed by atoms with Crippen LogP contribution in [0.2, 0.25) is 0 Å². The van der Waals surface area contributed by atoms with Gasteiger partial charge in [0.25, 0.3) is 5.56 Å². The van der Waals surface area contributed by atoms with Crippen LogP contribution in [0, 0.1) is 17.8 Å². The van der Waals surface area contributed by atoms with Gasteiger partial charge in [-0.15, -0.1) is 0 Å². The van der Waals surface area contributed by atoms with Gasteiger partial charge in [-0.25, -0.2) is 4.98 Å². The Morgan fingerprint density at radius 2 is 1.80 bits per heavy atom. The van der Waals surface area contributed by atoms with Crippen LogP contribution in [-0.4, -0.2) is 40.0 Å². The predicted octanol–water partition coefficient (Wildman–Crippen LogP) is 6.33. The molecule has 1 N–H and O–H groups in total. The zero-order valence-electron chi connectivity index (χ0n) is 22.3. The second kappa shape index (κ2) is 11.7. The SMILES string of the molecule is COc1ccc(NC(=O)CSc2nc3c(sc(=S)n3-c3ccc(C)cc3C)c(=O)n2-c2ccccc2)c(OC)c1. The van der Waals surface area contributed by atoms with E-state index in [1.807, 2.05) is 60.9 Å². The molecule has 5 aromatic rings. The van der Waals surface area contributed by atoms with Gasteiger partial charge in [0.15, 0.2) is 14.8 Å². The van der Waals surface area contributed by atoms with Crippen LogP contribution in [0.15, 0.2) is 76.7 Å². The summed E-state index contributed by atoms with van der Waals surface area (Å²) in [5.74, 6) is 0.819. The molecule has 0 fully saturated rings. The Hall–Kier alpha value is -3.93. The number of thioether (sulfide) groups is 1. The van der Waals surface area contributed by atoms with Crippen molar-refractivity contribution in [3.63, 3.8) is 0 Å². The number of aryl methyl sites for hydroxylation is 2. The van der Waals surface area contributed by atoms with Crippen LogP contribution >= 0.6 is 35.3 Å². The molecule has 11 heteroatoms. The van der Waals surface area contributed by atoms with E-state index in [9.17, 15) is 9.59 Å². The lowest BCUT2D eigenvalue weighted by molar-refractivity contribution is -0.113. The highest BCUT2D eigenvalue weighted by Crippen LogP contribution is 2.31. The van der Waals surface area contributed by atoms with Crippen molar-refractivity contribution >= 4 is 57.3 Å². The number of anilines is 1. The average molecular weight is 591 g/mol. The zero-order valence-corrected chi connectivity index (χ0v) is 24.7. The molecule has 0 saturated heterocycles. The molecular formula is C29H26N4O4S3. The fraction of sp³-hybridized carbons (Fsp3) is 0.172. The number of hydrogen-bond acceptors (Lipinski definition) is 8. The molecule has 0 unspecified atom stereocenters. The third-order valence-corrected chi connectivity index (χ3v) is 8.49. The molecular weight excluding hydrogens is 565 g/mol. The van der Waals surface area contributed by atoms with Gasteiger partial charge in [-0.2, -0.15) is 0 Å². The Bertz CT molecular complexity index is 1840. The van der Waals surface area contributed by atoms with E-state index in [0.29, 0.717) is 42.3 Å². The summed E-state index contributed by atoms with van der Waals surface area (Å²) in [6, 6.07) is 20.5. The molecule has 1 amide bonds. The van der Waals surface area contributed by atoms with Crippen LogP contribution in [0.25, 0.3) is 21.7 Å². The minimum atomic E-state index is -0.279. The van der Waals surface area contributed by atoms with Crippen molar-refractivity contribution in [2.24, 2.45) is 0 Å². The number of para-hydroxylation sites is 1. The van der Waals surface area contributed by atoms with E-state index in [2.05, 4.69) is 11.4 Å². The Balaban J connectivity index is 1.57. The van der Waals surface area contributed by atoms with E-state index in [1.54, 1.807) is 25.3 Å². The maximum Gasteiger partial charge on any atom is 0.278 e. The number of ether oxygens (including phenoxy) is 2. The van der Waals surface area contributed by atoms with Gasteiger partial charge < -0.3 is 14.8 Å². The monoisotopic (exact) mass is 590 g/mol. The zero-order chi connectivity index (χ0) is 28.4. The van der Waals surface area contributed by atoms with Crippen LogP contribution < -0.4 is 20.3 Å². The van der Waals surface area contributed by atoms with Crippen molar-refractivity contribution in [1.82, 2.24) is 14.1 Å². The largest absolute Gasteiger partial charge is 0.497 e. The standard InChI is InChI=1S/C29H26N4O4S3/c1-17-10-13-22(18(2)14-17)33-26-25(40-29(33)38)27(35)32(19-8-6-5-7-9-19)28(31-26)39-16-24(34)30-21-12-11-20(36-3)15-23(21)37-4/h5-15H,16H2,1-4H3,(H,30,34). The van der Waals surface area contributed by atoms with Crippen molar-refractivity contribution in [3.05, 3.63) is 92.2 Å². The first-order valence-corrected chi connectivity index (χ1v) is 14.5. The number of amides is 1. The minimum Gasteiger partial charge on any atom is -0.497 e. The van der Waals surface area contributed by atoms with E-state index in [0.717, 1.165) is 16.8 Å². The first kappa shape index (κ1) is 27.6. The Kier molecular flexibility index (Phi) is 8.06. The number of hydrogen-bond donors (Lipinski definition) is 1. The number of benzene rings is 3. The van der Waals surface area contributed by atoms with Gasteiger partial charge in [0.2, 0.25) is 5.91 Å². The maximum absolute atomic E-state index is 13.9. The van der Waals surface area contributed by atoms with Crippen LogP contribution in [0.5, 0.6) is 11.5 Å². The normalized spacial score (nSPS) is 11.0. The number of fused-ring (bicyclic) bond motifs is 1. The van der Waals surface area contributed by atoms with Crippen molar-refractivity contribution < 1.29 is 14.3 Å². The highest BCUT2D eigenvalue weighted by atomic mass is 32.2. The summed E-state index contributed by atoms with van der Waals surface area (Å²) in [7, 11) is 3.09. The molecule has 0 saturated carbocycles. The molecule has 8 nitrogen and oxygen atoms in total. The molecule has 0 aliphatic rings. The van der Waals surface area contributed by atoms with Crippen LogP contribution in [0.3, 0.4) is 0 Å². The lowest BCUT2D eigenvalue weighted by atomic mass is 10.1. The van der Waals surface area contributed by atoms with Crippen LogP contribution in [0.4, 0.5) is 5.69 Å². The highest BCUT2D eigenvalue weighted by Gasteiger charge is 2.21. The molecule has 204 valence electrons. The number of methoxy groups -OCH3 is 2. The molecule has 2 aromatic heterocycles. The molecule has 40 heavy (non-hydrogen) atoms. The number of rotatable bonds is 8. The highest BCUT2D eigenvalue weighted by molar-refractivity contribution is 7.99. The van der Waals surface area contributed by atoms with E-state index in [4.69, 9.17) is 26.7 Å². The Morgan fingerprint density at radius 3 is 2.50 bits per heavy atom. The smallest absolute Gasteiger partial charge is 0.278 e. The summed E-state index contributed by atoms with van der Waals surface area (Å²) < 4.78 is 15.0. The van der Waals surface area contributed by atoms with E-state index >= 15 is 0 Å². The van der Waals surface area contributed by atoms with Crippen molar-refractivity contribution in [3.8, 4) is 22.9 Å². The number of nitrogens with one attached hydrogen (secondary N) is 1. The number of carbonyl (C=O) groups is 1. The second-order valence-corrected chi connectivity index (χ2v) is 11.5. The molecule has 0 bridgehead atoms. The summed E-state index contributed by atoms with van der Waals surface area (Å²) in [5, 5.41) is 3.25. The van der Waals surface area contributed by atoms with Gasteiger partial charge in [0.05, 0.1) is 37.0 Å². The van der Waals surface area contributed by atoms with Crippen molar-refractivity contribution in [1.29, 1.82) is 0 Å². The van der Waals surface area contributed by atoms with E-state index in [-0.39, 0.29) is 17.2 Å². The molecule has 0 atom stereocenters. The minimum absolute atomic E-state index is 0.00833. The lowest BCUT2D eigenvalue weighted by Gasteiger charge is -2.14. The van der Waals surface area contributed by atoms with Gasteiger partial charge in [0.1, 0.15) is 16.2 Å². The van der Waals surface area contributed by atoms with Gasteiger partial charge in [-0.1, -0.05) is 59.0 Å². The van der Waals surface area contributed by atoms with Gasteiger partial charge >= 0.3 is 0 Å². The number of carbonyl (C=O) groups excluding carboxylic acids is 1. The average Bonchev–Trinajstić information content (AvgIpc) is 3.28. The molecule has 3 aromatic carbocycles. The number of nitrogens with zero attached hydrogens (tertiary/aromatic N) is 3. The van der Waals surface area contributed by atoms with Gasteiger partial charge in [-0.3, -0.25) is 18.7 Å². The van der Waals surface area contributed by atoms with E-state index < -0.39 is 0 Å². The molecule has 2 heterocycles. The first-order chi connectivity index (χ1) is 19.3. The van der Waals surface area contributed by atoms with Gasteiger partial charge in [0, 0.05) is 6.07 Å². The van der Waals surface area contributed by atoms with Crippen molar-refractivity contribution in [2.75, 3.05) is 25.3 Å². The molecule has 0 spiro atoms. The summed E-state index contributed by atoms with van der Waals surface area (Å²) in [6.07, 6.45) is 0. The fourth-order valence-corrected chi connectivity index (χ4v) is 6.42. The second-order valence-electron chi connectivity index (χ2n) is 8.92. The molecule has 0 aliphatic carbocycles. The lowest BCUT2D eigenvalue weighted by Crippen LogP contribution is -2.23. The molecule has 5 rings (SSSR count).